The maximum Gasteiger partial charge on any atom is 0.122 e. The summed E-state index contributed by atoms with van der Waals surface area (Å²) < 4.78 is 7.71. The smallest absolute Gasteiger partial charge is 0.122 e. The van der Waals surface area contributed by atoms with Gasteiger partial charge in [0.1, 0.15) is 5.82 Å². The van der Waals surface area contributed by atoms with Gasteiger partial charge in [-0.1, -0.05) is 6.07 Å². The van der Waals surface area contributed by atoms with Crippen LogP contribution in [0.2, 0.25) is 0 Å². The molecular weight excluding hydrogens is 274 g/mol. The molecule has 0 radical (unpaired) electrons. The molecular formula is C14H19N3O2S. The number of hydrogen-bond acceptors (Lipinski definition) is 5. The average molecular weight is 293 g/mol. The van der Waals surface area contributed by atoms with Gasteiger partial charge in [-0.3, -0.25) is 4.90 Å². The number of hydrogen-bond donors (Lipinski definition) is 1. The van der Waals surface area contributed by atoms with Crippen LogP contribution in [-0.2, 0) is 24.4 Å². The summed E-state index contributed by atoms with van der Waals surface area (Å²) >= 11 is 1.68. The number of aromatic nitrogens is 2. The third-order valence-corrected chi connectivity index (χ3v) is 4.28. The molecule has 0 bridgehead atoms. The first-order chi connectivity index (χ1) is 9.81. The van der Waals surface area contributed by atoms with E-state index in [1.807, 2.05) is 29.9 Å². The van der Waals surface area contributed by atoms with E-state index in [-0.39, 0.29) is 0 Å². The second-order valence-electron chi connectivity index (χ2n) is 5.02. The first-order valence-corrected chi connectivity index (χ1v) is 7.70. The normalized spacial score (nSPS) is 17.1. The summed E-state index contributed by atoms with van der Waals surface area (Å²) in [6.45, 7) is 4.29. The second-order valence-corrected chi connectivity index (χ2v) is 6.05. The maximum atomic E-state index is 10.0. The number of fused-ring (bicyclic) bond motifs is 1. The molecule has 0 spiro atoms. The van der Waals surface area contributed by atoms with Gasteiger partial charge < -0.3 is 14.4 Å². The first-order valence-electron chi connectivity index (χ1n) is 6.82. The van der Waals surface area contributed by atoms with Crippen LogP contribution in [0.5, 0.6) is 0 Å². The highest BCUT2D eigenvalue weighted by Crippen LogP contribution is 2.12. The summed E-state index contributed by atoms with van der Waals surface area (Å²) in [5.41, 5.74) is 0. The Labute approximate surface area is 122 Å². The largest absolute Gasteiger partial charge is 0.389 e. The number of aliphatic hydroxyl groups excluding tert-OH is 1. The fraction of sp³-hybridized carbons (Fsp3) is 0.500. The molecule has 108 valence electrons. The Morgan fingerprint density at radius 1 is 1.45 bits per heavy atom. The Morgan fingerprint density at radius 3 is 3.25 bits per heavy atom. The van der Waals surface area contributed by atoms with Crippen LogP contribution in [0, 0.1) is 0 Å². The molecule has 0 saturated carbocycles. The molecule has 0 amide bonds. The minimum Gasteiger partial charge on any atom is -0.389 e. The minimum absolute atomic E-state index is 0.378. The minimum atomic E-state index is -0.448. The Kier molecular flexibility index (Phi) is 4.47. The molecule has 3 rings (SSSR count). The van der Waals surface area contributed by atoms with Crippen LogP contribution in [0.4, 0.5) is 0 Å². The Morgan fingerprint density at radius 2 is 2.40 bits per heavy atom. The lowest BCUT2D eigenvalue weighted by molar-refractivity contribution is 0.00615. The van der Waals surface area contributed by atoms with Gasteiger partial charge in [0.2, 0.25) is 0 Å². The topological polar surface area (TPSA) is 50.5 Å². The Hall–Kier alpha value is -1.21. The van der Waals surface area contributed by atoms with Gasteiger partial charge in [-0.25, -0.2) is 4.98 Å². The molecule has 2 aromatic rings. The van der Waals surface area contributed by atoms with Gasteiger partial charge >= 0.3 is 0 Å². The average Bonchev–Trinajstić information content (AvgIpc) is 3.08. The predicted molar refractivity (Wildman–Crippen MR) is 77.5 cm³/mol. The van der Waals surface area contributed by atoms with Crippen molar-refractivity contribution in [2.45, 2.75) is 25.8 Å². The van der Waals surface area contributed by atoms with Gasteiger partial charge in [0, 0.05) is 36.9 Å². The number of thiophene rings is 1. The molecule has 6 heteroatoms. The zero-order valence-electron chi connectivity index (χ0n) is 11.3. The van der Waals surface area contributed by atoms with E-state index < -0.39 is 6.10 Å². The van der Waals surface area contributed by atoms with Crippen molar-refractivity contribution >= 4 is 11.3 Å². The SMILES string of the molecule is O[C@@H](COCc1cccs1)CN1CCn2ccnc2C1. The third-order valence-electron chi connectivity index (χ3n) is 3.43. The molecule has 1 atom stereocenters. The van der Waals surface area contributed by atoms with Gasteiger partial charge in [-0.05, 0) is 11.4 Å². The van der Waals surface area contributed by atoms with Gasteiger partial charge in [-0.15, -0.1) is 11.3 Å². The molecule has 2 aromatic heterocycles. The summed E-state index contributed by atoms with van der Waals surface area (Å²) in [6, 6.07) is 4.05. The van der Waals surface area contributed by atoms with E-state index in [1.165, 1.54) is 4.88 Å². The van der Waals surface area contributed by atoms with Crippen molar-refractivity contribution < 1.29 is 9.84 Å². The molecule has 1 aliphatic heterocycles. The highest BCUT2D eigenvalue weighted by molar-refractivity contribution is 7.09. The van der Waals surface area contributed by atoms with E-state index >= 15 is 0 Å². The molecule has 1 N–H and O–H groups in total. The van der Waals surface area contributed by atoms with Crippen LogP contribution in [0.3, 0.4) is 0 Å². The Bertz CT molecular complexity index is 526. The van der Waals surface area contributed by atoms with Crippen molar-refractivity contribution in [3.63, 3.8) is 0 Å². The van der Waals surface area contributed by atoms with Gasteiger partial charge in [0.25, 0.3) is 0 Å². The number of aliphatic hydroxyl groups is 1. The van der Waals surface area contributed by atoms with Crippen molar-refractivity contribution in [3.05, 3.63) is 40.6 Å². The zero-order chi connectivity index (χ0) is 13.8. The van der Waals surface area contributed by atoms with Crippen LogP contribution in [-0.4, -0.2) is 45.4 Å². The third kappa shape index (κ3) is 3.46. The molecule has 20 heavy (non-hydrogen) atoms. The van der Waals surface area contributed by atoms with E-state index in [0.717, 1.165) is 25.5 Å². The van der Waals surface area contributed by atoms with Crippen molar-refractivity contribution in [1.29, 1.82) is 0 Å². The number of β-amino-alcohol motifs (C(OH)–C–C–N with tert-alkyl or cyclic N) is 1. The van der Waals surface area contributed by atoms with Crippen LogP contribution in [0.15, 0.2) is 29.9 Å². The standard InChI is InChI=1S/C14H19N3O2S/c18-12(10-19-11-13-2-1-7-20-13)8-16-5-6-17-4-3-15-14(17)9-16/h1-4,7,12,18H,5-6,8-11H2/t12-/m1/s1. The van der Waals surface area contributed by atoms with E-state index in [0.29, 0.717) is 19.8 Å². The summed E-state index contributed by atoms with van der Waals surface area (Å²) in [7, 11) is 0. The molecule has 3 heterocycles. The number of imidazole rings is 1. The lowest BCUT2D eigenvalue weighted by Gasteiger charge is -2.29. The van der Waals surface area contributed by atoms with E-state index in [1.54, 1.807) is 11.3 Å². The maximum absolute atomic E-state index is 10.0. The van der Waals surface area contributed by atoms with Gasteiger partial charge in [-0.2, -0.15) is 0 Å². The van der Waals surface area contributed by atoms with Crippen molar-refractivity contribution in [1.82, 2.24) is 14.5 Å². The summed E-state index contributed by atoms with van der Waals surface area (Å²) in [5, 5.41) is 12.1. The first kappa shape index (κ1) is 13.8. The van der Waals surface area contributed by atoms with E-state index in [9.17, 15) is 5.11 Å². The molecule has 0 saturated heterocycles. The number of rotatable bonds is 6. The summed E-state index contributed by atoms with van der Waals surface area (Å²) in [6.07, 6.45) is 3.39. The van der Waals surface area contributed by atoms with Gasteiger partial charge in [0.05, 0.1) is 25.9 Å². The molecule has 0 aromatic carbocycles. The zero-order valence-corrected chi connectivity index (χ0v) is 12.1. The Balaban J connectivity index is 1.40. The highest BCUT2D eigenvalue weighted by Gasteiger charge is 2.19. The molecule has 5 nitrogen and oxygen atoms in total. The highest BCUT2D eigenvalue weighted by atomic mass is 32.1. The summed E-state index contributed by atoms with van der Waals surface area (Å²) in [4.78, 5) is 7.74. The quantitative estimate of drug-likeness (QED) is 0.873. The van der Waals surface area contributed by atoms with Crippen molar-refractivity contribution in [2.75, 3.05) is 19.7 Å². The monoisotopic (exact) mass is 293 g/mol. The predicted octanol–water partition coefficient (Wildman–Crippen LogP) is 1.34. The fourth-order valence-electron chi connectivity index (χ4n) is 2.42. The van der Waals surface area contributed by atoms with Crippen LogP contribution in [0.25, 0.3) is 0 Å². The van der Waals surface area contributed by atoms with Crippen molar-refractivity contribution in [3.8, 4) is 0 Å². The second kappa shape index (κ2) is 6.49. The van der Waals surface area contributed by atoms with Crippen LogP contribution >= 0.6 is 11.3 Å². The van der Waals surface area contributed by atoms with Crippen LogP contribution < -0.4 is 0 Å². The molecule has 0 unspecified atom stereocenters. The molecule has 1 aliphatic rings. The number of nitrogens with zero attached hydrogens (tertiary/aromatic N) is 3. The van der Waals surface area contributed by atoms with Crippen LogP contribution in [0.1, 0.15) is 10.7 Å². The van der Waals surface area contributed by atoms with E-state index in [4.69, 9.17) is 4.74 Å². The molecule has 0 fully saturated rings. The van der Waals surface area contributed by atoms with E-state index in [2.05, 4.69) is 14.5 Å². The van der Waals surface area contributed by atoms with Crippen molar-refractivity contribution in [2.24, 2.45) is 0 Å². The lowest BCUT2D eigenvalue weighted by atomic mass is 10.3. The van der Waals surface area contributed by atoms with Gasteiger partial charge in [0.15, 0.2) is 0 Å². The lowest BCUT2D eigenvalue weighted by Crippen LogP contribution is -2.40. The molecule has 0 aliphatic carbocycles. The number of ether oxygens (including phenoxy) is 1. The summed E-state index contributed by atoms with van der Waals surface area (Å²) in [5.74, 6) is 1.07. The fourth-order valence-corrected chi connectivity index (χ4v) is 3.06.